The molecule has 106 valence electrons. The number of hydrogen-bond acceptors (Lipinski definition) is 2. The summed E-state index contributed by atoms with van der Waals surface area (Å²) >= 11 is 0. The van der Waals surface area contributed by atoms with E-state index in [2.05, 4.69) is 0 Å². The van der Waals surface area contributed by atoms with Gasteiger partial charge in [-0.2, -0.15) is 0 Å². The summed E-state index contributed by atoms with van der Waals surface area (Å²) < 4.78 is 32.5. The number of ether oxygens (including phenoxy) is 1. The second-order valence-corrected chi connectivity index (χ2v) is 4.37. The van der Waals surface area contributed by atoms with E-state index in [9.17, 15) is 13.9 Å². The SMILES string of the molecule is CCOC(c1ccccc1)C(O)c1cccc(F)c1F. The molecule has 0 amide bonds. The lowest BCUT2D eigenvalue weighted by molar-refractivity contribution is -0.0377. The van der Waals surface area contributed by atoms with Gasteiger partial charge < -0.3 is 9.84 Å². The molecule has 0 aromatic heterocycles. The minimum Gasteiger partial charge on any atom is -0.385 e. The lowest BCUT2D eigenvalue weighted by Crippen LogP contribution is -2.16. The third-order valence-electron chi connectivity index (χ3n) is 3.06. The highest BCUT2D eigenvalue weighted by Crippen LogP contribution is 2.33. The van der Waals surface area contributed by atoms with Crippen LogP contribution in [0.4, 0.5) is 8.78 Å². The molecule has 0 radical (unpaired) electrons. The maximum Gasteiger partial charge on any atom is 0.164 e. The second-order valence-electron chi connectivity index (χ2n) is 4.37. The van der Waals surface area contributed by atoms with E-state index in [1.165, 1.54) is 12.1 Å². The van der Waals surface area contributed by atoms with Crippen LogP contribution < -0.4 is 0 Å². The first-order valence-corrected chi connectivity index (χ1v) is 6.43. The fourth-order valence-corrected chi connectivity index (χ4v) is 2.10. The summed E-state index contributed by atoms with van der Waals surface area (Å²) in [6, 6.07) is 12.7. The van der Waals surface area contributed by atoms with Crippen molar-refractivity contribution in [2.45, 2.75) is 19.1 Å². The summed E-state index contributed by atoms with van der Waals surface area (Å²) in [6.07, 6.45) is -2.01. The Labute approximate surface area is 116 Å². The van der Waals surface area contributed by atoms with Gasteiger partial charge in [0, 0.05) is 12.2 Å². The summed E-state index contributed by atoms with van der Waals surface area (Å²) in [7, 11) is 0. The number of aliphatic hydroxyl groups excluding tert-OH is 1. The normalized spacial score (nSPS) is 14.0. The van der Waals surface area contributed by atoms with Crippen LogP contribution in [-0.4, -0.2) is 11.7 Å². The van der Waals surface area contributed by atoms with Crippen molar-refractivity contribution in [3.05, 3.63) is 71.3 Å². The zero-order chi connectivity index (χ0) is 14.5. The Morgan fingerprint density at radius 1 is 1.05 bits per heavy atom. The first-order chi connectivity index (χ1) is 9.65. The van der Waals surface area contributed by atoms with Gasteiger partial charge in [-0.3, -0.25) is 0 Å². The van der Waals surface area contributed by atoms with Gasteiger partial charge in [-0.05, 0) is 18.6 Å². The molecule has 1 N–H and O–H groups in total. The topological polar surface area (TPSA) is 29.5 Å². The molecule has 0 heterocycles. The van der Waals surface area contributed by atoms with Gasteiger partial charge in [-0.15, -0.1) is 0 Å². The summed E-state index contributed by atoms with van der Waals surface area (Å²) in [4.78, 5) is 0. The predicted molar refractivity (Wildman–Crippen MR) is 72.1 cm³/mol. The van der Waals surface area contributed by atoms with Crippen molar-refractivity contribution in [1.82, 2.24) is 0 Å². The van der Waals surface area contributed by atoms with Gasteiger partial charge in [-0.1, -0.05) is 42.5 Å². The van der Waals surface area contributed by atoms with Gasteiger partial charge in [0.2, 0.25) is 0 Å². The molecule has 2 atom stereocenters. The highest BCUT2D eigenvalue weighted by atomic mass is 19.2. The fourth-order valence-electron chi connectivity index (χ4n) is 2.10. The van der Waals surface area contributed by atoms with Crippen molar-refractivity contribution < 1.29 is 18.6 Å². The van der Waals surface area contributed by atoms with Crippen LogP contribution in [0.2, 0.25) is 0 Å². The van der Waals surface area contributed by atoms with E-state index in [0.717, 1.165) is 6.07 Å². The lowest BCUT2D eigenvalue weighted by atomic mass is 9.97. The molecule has 2 nitrogen and oxygen atoms in total. The average Bonchev–Trinajstić information content (AvgIpc) is 2.48. The Morgan fingerprint density at radius 3 is 2.40 bits per heavy atom. The number of aliphatic hydroxyl groups is 1. The van der Waals surface area contributed by atoms with E-state index in [0.29, 0.717) is 12.2 Å². The fraction of sp³-hybridized carbons (Fsp3) is 0.250. The molecule has 0 aliphatic carbocycles. The van der Waals surface area contributed by atoms with Crippen molar-refractivity contribution in [3.63, 3.8) is 0 Å². The molecular weight excluding hydrogens is 262 g/mol. The van der Waals surface area contributed by atoms with Crippen LogP contribution in [0.5, 0.6) is 0 Å². The van der Waals surface area contributed by atoms with E-state index in [-0.39, 0.29) is 5.56 Å². The van der Waals surface area contributed by atoms with Crippen molar-refractivity contribution in [1.29, 1.82) is 0 Å². The van der Waals surface area contributed by atoms with Crippen LogP contribution in [0.3, 0.4) is 0 Å². The van der Waals surface area contributed by atoms with Crippen LogP contribution in [0.25, 0.3) is 0 Å². The second kappa shape index (κ2) is 6.59. The molecule has 0 fully saturated rings. The Morgan fingerprint density at radius 2 is 1.75 bits per heavy atom. The Hall–Kier alpha value is -1.78. The average molecular weight is 278 g/mol. The van der Waals surface area contributed by atoms with Crippen molar-refractivity contribution >= 4 is 0 Å². The molecule has 4 heteroatoms. The monoisotopic (exact) mass is 278 g/mol. The molecule has 2 unspecified atom stereocenters. The van der Waals surface area contributed by atoms with Crippen molar-refractivity contribution in [3.8, 4) is 0 Å². The third-order valence-corrected chi connectivity index (χ3v) is 3.06. The van der Waals surface area contributed by atoms with Crippen LogP contribution in [0.1, 0.15) is 30.3 Å². The smallest absolute Gasteiger partial charge is 0.164 e. The largest absolute Gasteiger partial charge is 0.385 e. The van der Waals surface area contributed by atoms with Crippen LogP contribution in [0.15, 0.2) is 48.5 Å². The molecule has 0 spiro atoms. The maximum absolute atomic E-state index is 13.8. The van der Waals surface area contributed by atoms with Crippen LogP contribution in [-0.2, 0) is 4.74 Å². The summed E-state index contributed by atoms with van der Waals surface area (Å²) in [5, 5.41) is 10.3. The van der Waals surface area contributed by atoms with Crippen molar-refractivity contribution in [2.75, 3.05) is 6.61 Å². The summed E-state index contributed by atoms with van der Waals surface area (Å²) in [6.45, 7) is 2.14. The molecule has 2 rings (SSSR count). The van der Waals surface area contributed by atoms with Gasteiger partial charge in [-0.25, -0.2) is 8.78 Å². The summed E-state index contributed by atoms with van der Waals surface area (Å²) in [5.74, 6) is -2.02. The summed E-state index contributed by atoms with van der Waals surface area (Å²) in [5.41, 5.74) is 0.609. The third kappa shape index (κ3) is 3.03. The molecule has 0 saturated carbocycles. The lowest BCUT2D eigenvalue weighted by Gasteiger charge is -2.24. The highest BCUT2D eigenvalue weighted by molar-refractivity contribution is 5.26. The molecule has 0 bridgehead atoms. The molecule has 0 saturated heterocycles. The number of rotatable bonds is 5. The van der Waals surface area contributed by atoms with Gasteiger partial charge in [0.15, 0.2) is 11.6 Å². The molecule has 0 aliphatic heterocycles. The zero-order valence-corrected chi connectivity index (χ0v) is 11.1. The van der Waals surface area contributed by atoms with E-state index in [1.54, 1.807) is 31.2 Å². The van der Waals surface area contributed by atoms with Gasteiger partial charge in [0.05, 0.1) is 0 Å². The number of benzene rings is 2. The Kier molecular flexibility index (Phi) is 4.82. The first-order valence-electron chi connectivity index (χ1n) is 6.43. The van der Waals surface area contributed by atoms with Crippen LogP contribution >= 0.6 is 0 Å². The van der Waals surface area contributed by atoms with Gasteiger partial charge >= 0.3 is 0 Å². The molecule has 0 aliphatic rings. The highest BCUT2D eigenvalue weighted by Gasteiger charge is 2.26. The zero-order valence-electron chi connectivity index (χ0n) is 11.1. The molecule has 2 aromatic carbocycles. The Bertz CT molecular complexity index is 558. The minimum absolute atomic E-state index is 0.104. The quantitative estimate of drug-likeness (QED) is 0.902. The minimum atomic E-state index is -1.27. The standard InChI is InChI=1S/C16H16F2O2/c1-2-20-16(11-7-4-3-5-8-11)15(19)12-9-6-10-13(17)14(12)18/h3-10,15-16,19H,2H2,1H3. The number of halogens is 2. The maximum atomic E-state index is 13.8. The van der Waals surface area contributed by atoms with E-state index >= 15 is 0 Å². The van der Waals surface area contributed by atoms with E-state index in [1.807, 2.05) is 6.07 Å². The van der Waals surface area contributed by atoms with Gasteiger partial charge in [0.25, 0.3) is 0 Å². The van der Waals surface area contributed by atoms with Crippen LogP contribution in [0, 0.1) is 11.6 Å². The Balaban J connectivity index is 2.36. The van der Waals surface area contributed by atoms with Crippen molar-refractivity contribution in [2.24, 2.45) is 0 Å². The van der Waals surface area contributed by atoms with E-state index in [4.69, 9.17) is 4.74 Å². The number of hydrogen-bond donors (Lipinski definition) is 1. The molecular formula is C16H16F2O2. The predicted octanol–water partition coefficient (Wildman–Crippen LogP) is 3.78. The van der Waals surface area contributed by atoms with Gasteiger partial charge in [0.1, 0.15) is 12.2 Å². The first kappa shape index (κ1) is 14.6. The molecule has 2 aromatic rings. The molecule has 20 heavy (non-hydrogen) atoms. The van der Waals surface area contributed by atoms with E-state index < -0.39 is 23.8 Å².